The molecule has 27 heavy (non-hydrogen) atoms. The van der Waals surface area contributed by atoms with Crippen LogP contribution in [0, 0.1) is 5.41 Å². The van der Waals surface area contributed by atoms with Gasteiger partial charge in [0.2, 0.25) is 5.91 Å². The third-order valence-corrected chi connectivity index (χ3v) is 5.22. The summed E-state index contributed by atoms with van der Waals surface area (Å²) in [5.41, 5.74) is -1.07. The Morgan fingerprint density at radius 2 is 1.22 bits per heavy atom. The summed E-state index contributed by atoms with van der Waals surface area (Å²) in [6.45, 7) is 3.79. The zero-order chi connectivity index (χ0) is 20.2. The predicted molar refractivity (Wildman–Crippen MR) is 115 cm³/mol. The summed E-state index contributed by atoms with van der Waals surface area (Å²) < 4.78 is 0. The Morgan fingerprint density at radius 1 is 0.778 bits per heavy atom. The van der Waals surface area contributed by atoms with Crippen LogP contribution in [0.3, 0.4) is 0 Å². The largest absolute Gasteiger partial charge is 0.395 e. The molecule has 0 aliphatic heterocycles. The minimum absolute atomic E-state index is 0.264. The number of amides is 1. The maximum Gasteiger partial charge on any atom is 0.230 e. The third-order valence-electron chi connectivity index (χ3n) is 5.22. The van der Waals surface area contributed by atoms with Crippen LogP contribution in [0.4, 0.5) is 0 Å². The number of rotatable bonds is 19. The number of hydrogen-bond donors (Lipinski definition) is 3. The molecule has 0 saturated carbocycles. The first-order valence-electron chi connectivity index (χ1n) is 11.3. The average molecular weight is 384 g/mol. The van der Waals surface area contributed by atoms with Gasteiger partial charge in [0, 0.05) is 6.54 Å². The van der Waals surface area contributed by atoms with Crippen molar-refractivity contribution in [2.24, 2.45) is 5.41 Å². The van der Waals surface area contributed by atoms with Gasteiger partial charge < -0.3 is 15.5 Å². The van der Waals surface area contributed by atoms with E-state index in [0.717, 1.165) is 12.8 Å². The van der Waals surface area contributed by atoms with Crippen LogP contribution in [0.1, 0.15) is 104 Å². The predicted octanol–water partition coefficient (Wildman–Crippen LogP) is 5.13. The zero-order valence-electron chi connectivity index (χ0n) is 18.0. The molecular formula is C23H45NO3. The standard InChI is InChI=1S/C23H45NO3/c1-3-4-5-6-7-8-9-10-11-12-13-14-15-16-17-18-19-24-22(27)23(2,20-25)21-26/h10-11,25-26H,3-9,12-21H2,1-2H3,(H,24,27). The van der Waals surface area contributed by atoms with Gasteiger partial charge in [0.15, 0.2) is 0 Å². The summed E-state index contributed by atoms with van der Waals surface area (Å²) in [7, 11) is 0. The second kappa shape index (κ2) is 18.5. The van der Waals surface area contributed by atoms with Crippen molar-refractivity contribution < 1.29 is 15.0 Å². The lowest BCUT2D eigenvalue weighted by atomic mass is 9.92. The summed E-state index contributed by atoms with van der Waals surface area (Å²) >= 11 is 0. The van der Waals surface area contributed by atoms with Crippen LogP contribution in [0.25, 0.3) is 0 Å². The second-order valence-corrected chi connectivity index (χ2v) is 8.07. The van der Waals surface area contributed by atoms with Crippen LogP contribution in [0.15, 0.2) is 12.2 Å². The Bertz CT molecular complexity index is 365. The molecule has 0 atom stereocenters. The molecule has 160 valence electrons. The molecule has 4 heteroatoms. The van der Waals surface area contributed by atoms with Crippen molar-refractivity contribution >= 4 is 5.91 Å². The lowest BCUT2D eigenvalue weighted by Crippen LogP contribution is -2.44. The van der Waals surface area contributed by atoms with Gasteiger partial charge in [-0.3, -0.25) is 4.79 Å². The van der Waals surface area contributed by atoms with Gasteiger partial charge in [-0.25, -0.2) is 0 Å². The van der Waals surface area contributed by atoms with Gasteiger partial charge in [0.1, 0.15) is 0 Å². The van der Waals surface area contributed by atoms with E-state index < -0.39 is 5.41 Å². The molecule has 3 N–H and O–H groups in total. The van der Waals surface area contributed by atoms with Crippen LogP contribution < -0.4 is 5.32 Å². The molecule has 0 spiro atoms. The van der Waals surface area contributed by atoms with Crippen molar-refractivity contribution in [3.8, 4) is 0 Å². The van der Waals surface area contributed by atoms with E-state index in [4.69, 9.17) is 0 Å². The quantitative estimate of drug-likeness (QED) is 0.214. The van der Waals surface area contributed by atoms with E-state index in [0.29, 0.717) is 6.54 Å². The van der Waals surface area contributed by atoms with Crippen molar-refractivity contribution in [3.05, 3.63) is 12.2 Å². The molecule has 1 amide bonds. The van der Waals surface area contributed by atoms with Crippen molar-refractivity contribution in [1.82, 2.24) is 5.32 Å². The third kappa shape index (κ3) is 14.8. The number of unbranched alkanes of at least 4 members (excludes halogenated alkanes) is 12. The van der Waals surface area contributed by atoms with Gasteiger partial charge >= 0.3 is 0 Å². The normalized spacial score (nSPS) is 12.0. The molecule has 4 nitrogen and oxygen atoms in total. The summed E-state index contributed by atoms with van der Waals surface area (Å²) in [6, 6.07) is 0. The Morgan fingerprint density at radius 3 is 1.70 bits per heavy atom. The fourth-order valence-corrected chi connectivity index (χ4v) is 2.98. The molecule has 0 aromatic carbocycles. The maximum absolute atomic E-state index is 11.8. The fourth-order valence-electron chi connectivity index (χ4n) is 2.98. The Hall–Kier alpha value is -0.870. The fraction of sp³-hybridized carbons (Fsp3) is 0.870. The van der Waals surface area contributed by atoms with Gasteiger partial charge in [-0.15, -0.1) is 0 Å². The molecule has 0 bridgehead atoms. The lowest BCUT2D eigenvalue weighted by molar-refractivity contribution is -0.134. The molecule has 0 saturated heterocycles. The van der Waals surface area contributed by atoms with E-state index in [1.54, 1.807) is 6.92 Å². The Balaban J connectivity index is 3.34. The maximum atomic E-state index is 11.8. The molecule has 0 heterocycles. The van der Waals surface area contributed by atoms with Gasteiger partial charge in [-0.05, 0) is 39.0 Å². The number of carbonyl (C=O) groups excluding carboxylic acids is 1. The van der Waals surface area contributed by atoms with E-state index in [1.165, 1.54) is 77.0 Å². The lowest BCUT2D eigenvalue weighted by Gasteiger charge is -2.23. The summed E-state index contributed by atoms with van der Waals surface area (Å²) in [5, 5.41) is 21.2. The minimum Gasteiger partial charge on any atom is -0.395 e. The number of hydrogen-bond acceptors (Lipinski definition) is 3. The highest BCUT2D eigenvalue weighted by Gasteiger charge is 2.31. The van der Waals surface area contributed by atoms with Crippen LogP contribution in [-0.4, -0.2) is 35.9 Å². The SMILES string of the molecule is CCCCCCCCC=CCCCCCCCCNC(=O)C(C)(CO)CO. The summed E-state index contributed by atoms with van der Waals surface area (Å²) in [6.07, 6.45) is 22.4. The van der Waals surface area contributed by atoms with E-state index in [-0.39, 0.29) is 19.1 Å². The van der Waals surface area contributed by atoms with Crippen LogP contribution in [-0.2, 0) is 4.79 Å². The number of nitrogens with one attached hydrogen (secondary N) is 1. The smallest absolute Gasteiger partial charge is 0.230 e. The monoisotopic (exact) mass is 383 g/mol. The second-order valence-electron chi connectivity index (χ2n) is 8.07. The molecule has 0 aliphatic rings. The first-order chi connectivity index (χ1) is 13.1. The molecule has 0 aromatic heterocycles. The number of allylic oxidation sites excluding steroid dienone is 2. The van der Waals surface area contributed by atoms with Crippen LogP contribution >= 0.6 is 0 Å². The van der Waals surface area contributed by atoms with Crippen molar-refractivity contribution in [2.45, 2.75) is 104 Å². The molecule has 0 fully saturated rings. The number of aliphatic hydroxyl groups excluding tert-OH is 2. The zero-order valence-corrected chi connectivity index (χ0v) is 18.0. The summed E-state index contributed by atoms with van der Waals surface area (Å²) in [5.74, 6) is -0.264. The van der Waals surface area contributed by atoms with E-state index >= 15 is 0 Å². The van der Waals surface area contributed by atoms with Crippen LogP contribution in [0.2, 0.25) is 0 Å². The molecule has 0 radical (unpaired) electrons. The minimum atomic E-state index is -1.07. The van der Waals surface area contributed by atoms with Crippen molar-refractivity contribution in [2.75, 3.05) is 19.8 Å². The highest BCUT2D eigenvalue weighted by molar-refractivity contribution is 5.82. The first-order valence-corrected chi connectivity index (χ1v) is 11.3. The number of aliphatic hydroxyl groups is 2. The van der Waals surface area contributed by atoms with Crippen LogP contribution in [0.5, 0.6) is 0 Å². The highest BCUT2D eigenvalue weighted by atomic mass is 16.3. The van der Waals surface area contributed by atoms with E-state index in [9.17, 15) is 15.0 Å². The van der Waals surface area contributed by atoms with Crippen molar-refractivity contribution in [1.29, 1.82) is 0 Å². The average Bonchev–Trinajstić information content (AvgIpc) is 2.69. The van der Waals surface area contributed by atoms with E-state index in [1.807, 2.05) is 0 Å². The van der Waals surface area contributed by atoms with Gasteiger partial charge in [0.25, 0.3) is 0 Å². The summed E-state index contributed by atoms with van der Waals surface area (Å²) in [4.78, 5) is 11.8. The Labute approximate surface area is 167 Å². The van der Waals surface area contributed by atoms with Crippen molar-refractivity contribution in [3.63, 3.8) is 0 Å². The molecule has 0 rings (SSSR count). The van der Waals surface area contributed by atoms with Gasteiger partial charge in [-0.1, -0.05) is 76.9 Å². The topological polar surface area (TPSA) is 69.6 Å². The number of carbonyl (C=O) groups is 1. The Kier molecular flexibility index (Phi) is 17.9. The van der Waals surface area contributed by atoms with Gasteiger partial charge in [0.05, 0.1) is 18.6 Å². The molecule has 0 unspecified atom stereocenters. The van der Waals surface area contributed by atoms with Gasteiger partial charge in [-0.2, -0.15) is 0 Å². The molecular weight excluding hydrogens is 338 g/mol. The van der Waals surface area contributed by atoms with E-state index in [2.05, 4.69) is 24.4 Å². The first kappa shape index (κ1) is 26.1. The molecule has 0 aromatic rings. The highest BCUT2D eigenvalue weighted by Crippen LogP contribution is 2.14. The molecule has 0 aliphatic carbocycles.